The molecule has 6 heteroatoms. The van der Waals surface area contributed by atoms with Crippen molar-refractivity contribution in [1.82, 2.24) is 25.2 Å². The third-order valence-corrected chi connectivity index (χ3v) is 4.26. The summed E-state index contributed by atoms with van der Waals surface area (Å²) in [6, 6.07) is 0.370. The van der Waals surface area contributed by atoms with Crippen LogP contribution in [0.2, 0.25) is 0 Å². The van der Waals surface area contributed by atoms with Crippen molar-refractivity contribution in [2.75, 3.05) is 26.2 Å². The highest BCUT2D eigenvalue weighted by Crippen LogP contribution is 2.17. The molecular weight excluding hydrogens is 278 g/mol. The largest absolute Gasteiger partial charge is 0.337 e. The van der Waals surface area contributed by atoms with Gasteiger partial charge in [0.05, 0.1) is 12.2 Å². The quantitative estimate of drug-likeness (QED) is 0.800. The maximum atomic E-state index is 12.7. The predicted octanol–water partition coefficient (Wildman–Crippen LogP) is 2.25. The predicted molar refractivity (Wildman–Crippen MR) is 86.9 cm³/mol. The average Bonchev–Trinajstić information content (AvgIpc) is 3.05. The SMILES string of the molecule is CCCCN(CCCC)C(=O)c1cn(C2CCNCC2)nn1. The first-order chi connectivity index (χ1) is 10.8. The zero-order chi connectivity index (χ0) is 15.8. The molecule has 1 aliphatic rings. The van der Waals surface area contributed by atoms with Crippen molar-refractivity contribution in [2.24, 2.45) is 0 Å². The maximum absolute atomic E-state index is 12.7. The third kappa shape index (κ3) is 4.53. The first kappa shape index (κ1) is 16.9. The number of carbonyl (C=O) groups is 1. The van der Waals surface area contributed by atoms with E-state index in [1.807, 2.05) is 15.8 Å². The van der Waals surface area contributed by atoms with E-state index >= 15 is 0 Å². The molecule has 22 heavy (non-hydrogen) atoms. The molecule has 1 fully saturated rings. The number of rotatable bonds is 8. The van der Waals surface area contributed by atoms with E-state index in [1.54, 1.807) is 0 Å². The fourth-order valence-corrected chi connectivity index (χ4v) is 2.80. The van der Waals surface area contributed by atoms with Crippen molar-refractivity contribution < 1.29 is 4.79 Å². The number of nitrogens with one attached hydrogen (secondary N) is 1. The Labute approximate surface area is 133 Å². The van der Waals surface area contributed by atoms with Gasteiger partial charge in [0.15, 0.2) is 5.69 Å². The smallest absolute Gasteiger partial charge is 0.276 e. The summed E-state index contributed by atoms with van der Waals surface area (Å²) in [5, 5.41) is 11.7. The zero-order valence-corrected chi connectivity index (χ0v) is 13.9. The Morgan fingerprint density at radius 3 is 2.50 bits per heavy atom. The zero-order valence-electron chi connectivity index (χ0n) is 13.9. The van der Waals surface area contributed by atoms with Gasteiger partial charge in [-0.25, -0.2) is 4.68 Å². The first-order valence-corrected chi connectivity index (χ1v) is 8.68. The summed E-state index contributed by atoms with van der Waals surface area (Å²) in [4.78, 5) is 14.6. The van der Waals surface area contributed by atoms with Crippen LogP contribution in [0.3, 0.4) is 0 Å². The highest BCUT2D eigenvalue weighted by molar-refractivity contribution is 5.91. The Morgan fingerprint density at radius 1 is 1.27 bits per heavy atom. The molecule has 0 bridgehead atoms. The topological polar surface area (TPSA) is 63.1 Å². The molecule has 1 amide bonds. The highest BCUT2D eigenvalue weighted by Gasteiger charge is 2.21. The molecule has 1 aliphatic heterocycles. The molecule has 1 saturated heterocycles. The average molecular weight is 307 g/mol. The number of unbranched alkanes of at least 4 members (excludes halogenated alkanes) is 2. The van der Waals surface area contributed by atoms with E-state index in [4.69, 9.17) is 0 Å². The summed E-state index contributed by atoms with van der Waals surface area (Å²) in [7, 11) is 0. The van der Waals surface area contributed by atoms with Crippen LogP contribution in [0, 0.1) is 0 Å². The van der Waals surface area contributed by atoms with Gasteiger partial charge < -0.3 is 10.2 Å². The summed E-state index contributed by atoms with van der Waals surface area (Å²) in [5.74, 6) is 0.0297. The Balaban J connectivity index is 2.00. The molecule has 1 N–H and O–H groups in total. The van der Waals surface area contributed by atoms with E-state index in [-0.39, 0.29) is 5.91 Å². The number of carbonyl (C=O) groups excluding carboxylic acids is 1. The lowest BCUT2D eigenvalue weighted by Gasteiger charge is -2.22. The second-order valence-corrected chi connectivity index (χ2v) is 6.06. The lowest BCUT2D eigenvalue weighted by molar-refractivity contribution is 0.0745. The summed E-state index contributed by atoms with van der Waals surface area (Å²) < 4.78 is 1.88. The Bertz CT molecular complexity index is 445. The van der Waals surface area contributed by atoms with Crippen LogP contribution in [-0.4, -0.2) is 52.0 Å². The molecule has 1 aromatic rings. The van der Waals surface area contributed by atoms with Crippen molar-refractivity contribution in [3.05, 3.63) is 11.9 Å². The normalized spacial score (nSPS) is 15.9. The first-order valence-electron chi connectivity index (χ1n) is 8.68. The molecule has 0 aliphatic carbocycles. The van der Waals surface area contributed by atoms with Crippen LogP contribution in [0.25, 0.3) is 0 Å². The van der Waals surface area contributed by atoms with Gasteiger partial charge in [-0.15, -0.1) is 5.10 Å². The van der Waals surface area contributed by atoms with Gasteiger partial charge >= 0.3 is 0 Å². The molecular formula is C16H29N5O. The molecule has 1 aromatic heterocycles. The van der Waals surface area contributed by atoms with Crippen LogP contribution >= 0.6 is 0 Å². The van der Waals surface area contributed by atoms with E-state index in [9.17, 15) is 4.79 Å². The van der Waals surface area contributed by atoms with Gasteiger partial charge in [-0.05, 0) is 38.8 Å². The van der Waals surface area contributed by atoms with Gasteiger partial charge in [0.25, 0.3) is 5.91 Å². The lowest BCUT2D eigenvalue weighted by Crippen LogP contribution is -2.33. The fraction of sp³-hybridized carbons (Fsp3) is 0.812. The number of hydrogen-bond donors (Lipinski definition) is 1. The van der Waals surface area contributed by atoms with Gasteiger partial charge in [0.2, 0.25) is 0 Å². The molecule has 2 heterocycles. The Kier molecular flexibility index (Phi) is 6.83. The van der Waals surface area contributed by atoms with E-state index in [1.165, 1.54) is 0 Å². The van der Waals surface area contributed by atoms with Crippen molar-refractivity contribution >= 4 is 5.91 Å². The van der Waals surface area contributed by atoms with Crippen molar-refractivity contribution in [2.45, 2.75) is 58.4 Å². The van der Waals surface area contributed by atoms with E-state index in [2.05, 4.69) is 29.5 Å². The van der Waals surface area contributed by atoms with Crippen LogP contribution in [0.5, 0.6) is 0 Å². The second kappa shape index (κ2) is 8.88. The molecule has 0 saturated carbocycles. The third-order valence-electron chi connectivity index (χ3n) is 4.26. The molecule has 0 unspecified atom stereocenters. The molecule has 6 nitrogen and oxygen atoms in total. The lowest BCUT2D eigenvalue weighted by atomic mass is 10.1. The van der Waals surface area contributed by atoms with Crippen LogP contribution in [0.15, 0.2) is 6.20 Å². The van der Waals surface area contributed by atoms with E-state index in [0.29, 0.717) is 11.7 Å². The van der Waals surface area contributed by atoms with Crippen molar-refractivity contribution in [1.29, 1.82) is 0 Å². The minimum atomic E-state index is 0.0297. The van der Waals surface area contributed by atoms with Gasteiger partial charge in [-0.1, -0.05) is 31.9 Å². The standard InChI is InChI=1S/C16H29N5O/c1-3-5-11-20(12-6-4-2)16(22)15-13-21(19-18-15)14-7-9-17-10-8-14/h13-14,17H,3-12H2,1-2H3. The monoisotopic (exact) mass is 307 g/mol. The fourth-order valence-electron chi connectivity index (χ4n) is 2.80. The number of nitrogens with zero attached hydrogens (tertiary/aromatic N) is 4. The van der Waals surface area contributed by atoms with Crippen molar-refractivity contribution in [3.63, 3.8) is 0 Å². The number of piperidine rings is 1. The van der Waals surface area contributed by atoms with Crippen LogP contribution in [-0.2, 0) is 0 Å². The number of amides is 1. The van der Waals surface area contributed by atoms with E-state index in [0.717, 1.165) is 64.7 Å². The van der Waals surface area contributed by atoms with Gasteiger partial charge in [-0.3, -0.25) is 4.79 Å². The number of hydrogen-bond acceptors (Lipinski definition) is 4. The molecule has 2 rings (SSSR count). The molecule has 0 radical (unpaired) electrons. The summed E-state index contributed by atoms with van der Waals surface area (Å²) in [6.45, 7) is 7.94. The van der Waals surface area contributed by atoms with Crippen LogP contribution < -0.4 is 5.32 Å². The van der Waals surface area contributed by atoms with Crippen LogP contribution in [0.1, 0.15) is 68.9 Å². The van der Waals surface area contributed by atoms with Gasteiger partial charge in [0, 0.05) is 13.1 Å². The van der Waals surface area contributed by atoms with Crippen LogP contribution in [0.4, 0.5) is 0 Å². The summed E-state index contributed by atoms with van der Waals surface area (Å²) >= 11 is 0. The Hall–Kier alpha value is -1.43. The molecule has 0 spiro atoms. The molecule has 0 aromatic carbocycles. The summed E-state index contributed by atoms with van der Waals surface area (Å²) in [5.41, 5.74) is 0.491. The van der Waals surface area contributed by atoms with Gasteiger partial charge in [0.1, 0.15) is 0 Å². The van der Waals surface area contributed by atoms with Gasteiger partial charge in [-0.2, -0.15) is 0 Å². The minimum Gasteiger partial charge on any atom is -0.337 e. The molecule has 124 valence electrons. The van der Waals surface area contributed by atoms with E-state index < -0.39 is 0 Å². The minimum absolute atomic E-state index is 0.0297. The maximum Gasteiger partial charge on any atom is 0.276 e. The van der Waals surface area contributed by atoms with Crippen molar-refractivity contribution in [3.8, 4) is 0 Å². The number of aromatic nitrogens is 3. The highest BCUT2D eigenvalue weighted by atomic mass is 16.2. The second-order valence-electron chi connectivity index (χ2n) is 6.06. The Morgan fingerprint density at radius 2 is 1.91 bits per heavy atom. The molecule has 0 atom stereocenters. The summed E-state index contributed by atoms with van der Waals surface area (Å²) in [6.07, 6.45) is 8.20.